The molecule has 3 aromatic rings. The molecule has 0 bridgehead atoms. The van der Waals surface area contributed by atoms with Crippen LogP contribution in [0.3, 0.4) is 0 Å². The summed E-state index contributed by atoms with van der Waals surface area (Å²) in [6, 6.07) is 16.3. The third kappa shape index (κ3) is 4.61. The molecule has 7 heteroatoms. The van der Waals surface area contributed by atoms with E-state index in [2.05, 4.69) is 15.0 Å². The first kappa shape index (κ1) is 19.7. The molecule has 0 aliphatic carbocycles. The van der Waals surface area contributed by atoms with E-state index in [0.717, 1.165) is 17.0 Å². The number of aromatic nitrogens is 1. The first-order valence-corrected chi connectivity index (χ1v) is 10.4. The van der Waals surface area contributed by atoms with E-state index in [9.17, 15) is 8.42 Å². The number of nitrogens with one attached hydrogen (secondary N) is 2. The van der Waals surface area contributed by atoms with Gasteiger partial charge in [0.25, 0.3) is 10.0 Å². The van der Waals surface area contributed by atoms with Crippen molar-refractivity contribution in [2.45, 2.75) is 25.7 Å². The van der Waals surface area contributed by atoms with Crippen LogP contribution in [-0.2, 0) is 10.0 Å². The molecule has 146 valence electrons. The number of sulfonamides is 1. The van der Waals surface area contributed by atoms with E-state index in [1.807, 2.05) is 44.2 Å². The number of aryl methyl sites for hydroxylation is 2. The minimum atomic E-state index is -3.68. The minimum absolute atomic E-state index is 0.264. The van der Waals surface area contributed by atoms with Crippen molar-refractivity contribution in [3.05, 3.63) is 71.9 Å². The SMILES string of the molecule is CCOc1ccccc1Nc1ccc(NS(=O)(=O)c2cc(C)ccc2C)cn1. The Morgan fingerprint density at radius 2 is 1.82 bits per heavy atom. The Labute approximate surface area is 165 Å². The number of hydrogen-bond acceptors (Lipinski definition) is 5. The first-order chi connectivity index (χ1) is 13.4. The van der Waals surface area contributed by atoms with E-state index < -0.39 is 10.0 Å². The lowest BCUT2D eigenvalue weighted by molar-refractivity contribution is 0.342. The summed E-state index contributed by atoms with van der Waals surface area (Å²) in [5.74, 6) is 1.31. The normalized spacial score (nSPS) is 11.1. The van der Waals surface area contributed by atoms with Gasteiger partial charge in [-0.1, -0.05) is 24.3 Å². The van der Waals surface area contributed by atoms with Crippen molar-refractivity contribution in [3.63, 3.8) is 0 Å². The standard InChI is InChI=1S/C21H23N3O3S/c1-4-27-19-8-6-5-7-18(19)23-21-12-11-17(14-22-21)24-28(25,26)20-13-15(2)9-10-16(20)3/h5-14,24H,4H2,1-3H3,(H,22,23). The summed E-state index contributed by atoms with van der Waals surface area (Å²) >= 11 is 0. The lowest BCUT2D eigenvalue weighted by Crippen LogP contribution is -2.14. The van der Waals surface area contributed by atoms with Gasteiger partial charge in [0, 0.05) is 0 Å². The van der Waals surface area contributed by atoms with Gasteiger partial charge in [0.1, 0.15) is 11.6 Å². The van der Waals surface area contributed by atoms with Gasteiger partial charge in [0.05, 0.1) is 29.1 Å². The van der Waals surface area contributed by atoms with Crippen LogP contribution in [0.1, 0.15) is 18.1 Å². The van der Waals surface area contributed by atoms with E-state index in [1.54, 1.807) is 31.2 Å². The Balaban J connectivity index is 1.77. The van der Waals surface area contributed by atoms with E-state index in [0.29, 0.717) is 23.7 Å². The molecule has 28 heavy (non-hydrogen) atoms. The summed E-state index contributed by atoms with van der Waals surface area (Å²) in [5, 5.41) is 3.18. The van der Waals surface area contributed by atoms with Crippen molar-refractivity contribution in [1.29, 1.82) is 0 Å². The number of ether oxygens (including phenoxy) is 1. The van der Waals surface area contributed by atoms with Gasteiger partial charge in [-0.2, -0.15) is 0 Å². The molecule has 0 unspecified atom stereocenters. The molecule has 0 amide bonds. The van der Waals surface area contributed by atoms with Gasteiger partial charge in [0.2, 0.25) is 0 Å². The van der Waals surface area contributed by atoms with E-state index in [1.165, 1.54) is 6.20 Å². The smallest absolute Gasteiger partial charge is 0.262 e. The van der Waals surface area contributed by atoms with Crippen LogP contribution in [0.5, 0.6) is 5.75 Å². The van der Waals surface area contributed by atoms with Crippen LogP contribution in [0.4, 0.5) is 17.2 Å². The lowest BCUT2D eigenvalue weighted by Gasteiger charge is -2.13. The third-order valence-electron chi connectivity index (χ3n) is 4.10. The number of nitrogens with zero attached hydrogens (tertiary/aromatic N) is 1. The lowest BCUT2D eigenvalue weighted by atomic mass is 10.2. The van der Waals surface area contributed by atoms with Crippen LogP contribution in [0, 0.1) is 13.8 Å². The maximum atomic E-state index is 12.7. The molecule has 2 N–H and O–H groups in total. The molecule has 1 heterocycles. The molecule has 1 aromatic heterocycles. The summed E-state index contributed by atoms with van der Waals surface area (Å²) in [4.78, 5) is 4.56. The quantitative estimate of drug-likeness (QED) is 0.607. The Hall–Kier alpha value is -3.06. The first-order valence-electron chi connectivity index (χ1n) is 8.94. The fourth-order valence-electron chi connectivity index (χ4n) is 2.72. The highest BCUT2D eigenvalue weighted by Crippen LogP contribution is 2.27. The second-order valence-electron chi connectivity index (χ2n) is 6.36. The summed E-state index contributed by atoms with van der Waals surface area (Å²) in [5.41, 5.74) is 2.76. The van der Waals surface area contributed by atoms with Gasteiger partial charge >= 0.3 is 0 Å². The van der Waals surface area contributed by atoms with E-state index in [4.69, 9.17) is 4.74 Å². The summed E-state index contributed by atoms with van der Waals surface area (Å²) in [6.07, 6.45) is 1.48. The number of benzene rings is 2. The maximum absolute atomic E-state index is 12.7. The van der Waals surface area contributed by atoms with Crippen LogP contribution in [0.25, 0.3) is 0 Å². The van der Waals surface area contributed by atoms with Crippen LogP contribution in [0.2, 0.25) is 0 Å². The summed E-state index contributed by atoms with van der Waals surface area (Å²) in [7, 11) is -3.68. The number of hydrogen-bond donors (Lipinski definition) is 2. The summed E-state index contributed by atoms with van der Waals surface area (Å²) < 4.78 is 33.6. The van der Waals surface area contributed by atoms with Crippen LogP contribution >= 0.6 is 0 Å². The number of pyridine rings is 1. The van der Waals surface area contributed by atoms with Gasteiger partial charge < -0.3 is 10.1 Å². The molecule has 0 saturated heterocycles. The molecule has 0 radical (unpaired) electrons. The van der Waals surface area contributed by atoms with Gasteiger partial charge in [-0.15, -0.1) is 0 Å². The molecule has 0 atom stereocenters. The Bertz CT molecular complexity index is 1060. The molecule has 0 aliphatic rings. The average Bonchev–Trinajstić information content (AvgIpc) is 2.67. The van der Waals surface area contributed by atoms with Crippen molar-refractivity contribution < 1.29 is 13.2 Å². The molecule has 2 aromatic carbocycles. The second-order valence-corrected chi connectivity index (χ2v) is 8.01. The van der Waals surface area contributed by atoms with Gasteiger partial charge in [-0.25, -0.2) is 13.4 Å². The number of para-hydroxylation sites is 2. The van der Waals surface area contributed by atoms with Gasteiger partial charge in [0.15, 0.2) is 0 Å². The number of rotatable bonds is 7. The number of anilines is 3. The van der Waals surface area contributed by atoms with Crippen LogP contribution in [0.15, 0.2) is 65.7 Å². The largest absolute Gasteiger partial charge is 0.492 e. The van der Waals surface area contributed by atoms with Crippen molar-refractivity contribution >= 4 is 27.2 Å². The van der Waals surface area contributed by atoms with Crippen LogP contribution < -0.4 is 14.8 Å². The molecule has 0 aliphatic heterocycles. The Morgan fingerprint density at radius 1 is 1.04 bits per heavy atom. The highest BCUT2D eigenvalue weighted by atomic mass is 32.2. The Kier molecular flexibility index (Phi) is 5.84. The molecule has 0 saturated carbocycles. The van der Waals surface area contributed by atoms with E-state index in [-0.39, 0.29) is 4.90 Å². The molecular formula is C21H23N3O3S. The topological polar surface area (TPSA) is 80.3 Å². The fourth-order valence-corrected chi connectivity index (χ4v) is 4.10. The van der Waals surface area contributed by atoms with Gasteiger partial charge in [-0.3, -0.25) is 4.72 Å². The Morgan fingerprint density at radius 3 is 2.54 bits per heavy atom. The summed E-state index contributed by atoms with van der Waals surface area (Å²) in [6.45, 7) is 6.12. The molecule has 3 rings (SSSR count). The molecule has 0 spiro atoms. The fraction of sp³-hybridized carbons (Fsp3) is 0.190. The molecule has 6 nitrogen and oxygen atoms in total. The van der Waals surface area contributed by atoms with Crippen molar-refractivity contribution in [3.8, 4) is 5.75 Å². The second kappa shape index (κ2) is 8.31. The zero-order chi connectivity index (χ0) is 20.1. The zero-order valence-electron chi connectivity index (χ0n) is 16.1. The van der Waals surface area contributed by atoms with Crippen molar-refractivity contribution in [1.82, 2.24) is 4.98 Å². The zero-order valence-corrected chi connectivity index (χ0v) is 16.9. The molecular weight excluding hydrogens is 374 g/mol. The highest BCUT2D eigenvalue weighted by molar-refractivity contribution is 7.92. The van der Waals surface area contributed by atoms with E-state index >= 15 is 0 Å². The van der Waals surface area contributed by atoms with Crippen molar-refractivity contribution in [2.24, 2.45) is 0 Å². The minimum Gasteiger partial charge on any atom is -0.492 e. The van der Waals surface area contributed by atoms with Crippen molar-refractivity contribution in [2.75, 3.05) is 16.6 Å². The molecule has 0 fully saturated rings. The predicted octanol–water partition coefficient (Wildman–Crippen LogP) is 4.64. The average molecular weight is 398 g/mol. The predicted molar refractivity (Wildman–Crippen MR) is 112 cm³/mol. The highest BCUT2D eigenvalue weighted by Gasteiger charge is 2.17. The van der Waals surface area contributed by atoms with Crippen LogP contribution in [-0.4, -0.2) is 20.0 Å². The van der Waals surface area contributed by atoms with Gasteiger partial charge in [-0.05, 0) is 62.2 Å². The maximum Gasteiger partial charge on any atom is 0.262 e. The monoisotopic (exact) mass is 397 g/mol. The third-order valence-corrected chi connectivity index (χ3v) is 5.62.